The third kappa shape index (κ3) is 6.05. The summed E-state index contributed by atoms with van der Waals surface area (Å²) in [6.07, 6.45) is 2.31. The molecule has 0 amide bonds. The number of aliphatic hydroxyl groups excluding tert-OH is 1. The molecule has 0 radical (unpaired) electrons. The molecule has 3 N–H and O–H groups in total. The van der Waals surface area contributed by atoms with Crippen molar-refractivity contribution in [2.75, 3.05) is 13.9 Å². The molecular formula is C27H32O7. The third-order valence-corrected chi connectivity index (χ3v) is 5.73. The summed E-state index contributed by atoms with van der Waals surface area (Å²) in [6, 6.07) is 12.2. The molecule has 0 fully saturated rings. The summed E-state index contributed by atoms with van der Waals surface area (Å²) >= 11 is 0. The predicted octanol–water partition coefficient (Wildman–Crippen LogP) is 4.55. The fourth-order valence-corrected chi connectivity index (χ4v) is 3.61. The van der Waals surface area contributed by atoms with Crippen LogP contribution in [0.4, 0.5) is 0 Å². The first-order valence-electron chi connectivity index (χ1n) is 11.2. The van der Waals surface area contributed by atoms with Gasteiger partial charge in [0.15, 0.2) is 12.2 Å². The Morgan fingerprint density at radius 1 is 1.21 bits per heavy atom. The Kier molecular flexibility index (Phi) is 8.15. The van der Waals surface area contributed by atoms with Crippen LogP contribution in [0.5, 0.6) is 11.5 Å². The zero-order chi connectivity index (χ0) is 24.9. The van der Waals surface area contributed by atoms with Gasteiger partial charge in [0.1, 0.15) is 28.2 Å². The highest BCUT2D eigenvalue weighted by Gasteiger charge is 2.24. The summed E-state index contributed by atoms with van der Waals surface area (Å²) in [6.45, 7) is 5.00. The van der Waals surface area contributed by atoms with Crippen molar-refractivity contribution in [1.29, 1.82) is 0 Å². The Bertz CT molecular complexity index is 1200. The Hall–Kier alpha value is -3.13. The van der Waals surface area contributed by atoms with E-state index in [1.54, 1.807) is 19.9 Å². The largest absolute Gasteiger partial charge is 0.507 e. The quantitative estimate of drug-likeness (QED) is 0.296. The van der Waals surface area contributed by atoms with E-state index in [0.29, 0.717) is 36.3 Å². The van der Waals surface area contributed by atoms with Gasteiger partial charge in [-0.25, -0.2) is 0 Å². The van der Waals surface area contributed by atoms with E-state index in [0.717, 1.165) is 11.1 Å². The van der Waals surface area contributed by atoms with Crippen molar-refractivity contribution in [3.05, 3.63) is 69.9 Å². The second-order valence-corrected chi connectivity index (χ2v) is 8.93. The summed E-state index contributed by atoms with van der Waals surface area (Å²) in [7, 11) is 1.49. The van der Waals surface area contributed by atoms with Crippen molar-refractivity contribution < 1.29 is 29.2 Å². The number of aromatic hydroxyl groups is 1. The fraction of sp³-hybridized carbons (Fsp3) is 0.370. The molecule has 182 valence electrons. The smallest absolute Gasteiger partial charge is 0.197 e. The molecule has 2 aromatic carbocycles. The number of rotatable bonds is 10. The minimum absolute atomic E-state index is 0.0406. The zero-order valence-corrected chi connectivity index (χ0v) is 20.0. The monoisotopic (exact) mass is 468 g/mol. The van der Waals surface area contributed by atoms with E-state index in [4.69, 9.17) is 13.9 Å². The molecule has 1 atom stereocenters. The number of aliphatic hydroxyl groups is 2. The topological polar surface area (TPSA) is 109 Å². The summed E-state index contributed by atoms with van der Waals surface area (Å²) in [5.74, 6) is 0.544. The molecule has 0 saturated heterocycles. The van der Waals surface area contributed by atoms with Gasteiger partial charge in [-0.3, -0.25) is 4.79 Å². The number of ether oxygens (including phenoxy) is 2. The lowest BCUT2D eigenvalue weighted by atomic mass is 9.95. The average Bonchev–Trinajstić information content (AvgIpc) is 2.80. The Labute approximate surface area is 198 Å². The van der Waals surface area contributed by atoms with Crippen molar-refractivity contribution >= 4 is 11.0 Å². The number of fused-ring (bicyclic) bond motifs is 1. The molecule has 7 heteroatoms. The van der Waals surface area contributed by atoms with Crippen LogP contribution in [0, 0.1) is 0 Å². The summed E-state index contributed by atoms with van der Waals surface area (Å²) < 4.78 is 16.7. The molecule has 0 unspecified atom stereocenters. The molecule has 0 saturated carbocycles. The maximum Gasteiger partial charge on any atom is 0.197 e. The van der Waals surface area contributed by atoms with Crippen LogP contribution in [0.3, 0.4) is 0 Å². The van der Waals surface area contributed by atoms with Crippen molar-refractivity contribution in [3.8, 4) is 22.8 Å². The number of allylic oxidation sites excluding steroid dienone is 2. The van der Waals surface area contributed by atoms with E-state index in [1.807, 2.05) is 43.3 Å². The second kappa shape index (κ2) is 10.9. The highest BCUT2D eigenvalue weighted by atomic mass is 16.7. The minimum atomic E-state index is -1.18. The van der Waals surface area contributed by atoms with Crippen LogP contribution in [-0.4, -0.2) is 40.9 Å². The SMILES string of the molecule is COCOc1cc2oc(-c3ccccc3)cc(=O)c2c(O)c1C/C=C(\C)CC[C@@H](O)C(C)(C)O. The molecule has 0 aliphatic carbocycles. The number of phenols is 1. The zero-order valence-electron chi connectivity index (χ0n) is 20.0. The highest BCUT2D eigenvalue weighted by molar-refractivity contribution is 5.88. The van der Waals surface area contributed by atoms with Gasteiger partial charge in [-0.05, 0) is 40.0 Å². The van der Waals surface area contributed by atoms with Crippen molar-refractivity contribution in [1.82, 2.24) is 0 Å². The standard InChI is InChI=1S/C27H32O7/c1-17(11-13-24(29)27(2,3)31)10-12-19-22(33-16-32-4)15-23-25(26(19)30)20(28)14-21(34-23)18-8-6-5-7-9-18/h5-10,14-15,24,29-31H,11-13,16H2,1-4H3/b17-10+/t24-/m1/s1. The average molecular weight is 469 g/mol. The Morgan fingerprint density at radius 2 is 1.91 bits per heavy atom. The van der Waals surface area contributed by atoms with E-state index < -0.39 is 11.7 Å². The molecule has 0 aliphatic rings. The molecule has 7 nitrogen and oxygen atoms in total. The molecule has 34 heavy (non-hydrogen) atoms. The molecule has 0 aliphatic heterocycles. The van der Waals surface area contributed by atoms with Crippen LogP contribution in [0.2, 0.25) is 0 Å². The number of phenolic OH excluding ortho intramolecular Hbond substituents is 1. The molecular weight excluding hydrogens is 436 g/mol. The maximum atomic E-state index is 12.9. The fourth-order valence-electron chi connectivity index (χ4n) is 3.61. The highest BCUT2D eigenvalue weighted by Crippen LogP contribution is 2.37. The number of benzene rings is 2. The molecule has 0 spiro atoms. The molecule has 1 aromatic heterocycles. The van der Waals surface area contributed by atoms with Crippen LogP contribution >= 0.6 is 0 Å². The molecule has 0 bridgehead atoms. The van der Waals surface area contributed by atoms with Gasteiger partial charge in [-0.1, -0.05) is 42.0 Å². The number of hydrogen-bond donors (Lipinski definition) is 3. The first-order valence-corrected chi connectivity index (χ1v) is 11.2. The van der Waals surface area contributed by atoms with Gasteiger partial charge in [0.2, 0.25) is 0 Å². The van der Waals surface area contributed by atoms with Crippen molar-refractivity contribution in [2.24, 2.45) is 0 Å². The van der Waals surface area contributed by atoms with E-state index in [2.05, 4.69) is 0 Å². The first kappa shape index (κ1) is 25.5. The van der Waals surface area contributed by atoms with Gasteiger partial charge in [0.25, 0.3) is 0 Å². The minimum Gasteiger partial charge on any atom is -0.507 e. The Morgan fingerprint density at radius 3 is 2.56 bits per heavy atom. The van der Waals surface area contributed by atoms with E-state index in [1.165, 1.54) is 13.2 Å². The van der Waals surface area contributed by atoms with Gasteiger partial charge in [-0.15, -0.1) is 0 Å². The second-order valence-electron chi connectivity index (χ2n) is 8.93. The van der Waals surface area contributed by atoms with Gasteiger partial charge in [-0.2, -0.15) is 0 Å². The van der Waals surface area contributed by atoms with E-state index in [9.17, 15) is 20.1 Å². The van der Waals surface area contributed by atoms with Crippen LogP contribution in [-0.2, 0) is 11.2 Å². The van der Waals surface area contributed by atoms with Gasteiger partial charge < -0.3 is 29.2 Å². The van der Waals surface area contributed by atoms with Crippen LogP contribution in [0.25, 0.3) is 22.3 Å². The lowest BCUT2D eigenvalue weighted by Crippen LogP contribution is -2.35. The third-order valence-electron chi connectivity index (χ3n) is 5.73. The van der Waals surface area contributed by atoms with E-state index >= 15 is 0 Å². The summed E-state index contributed by atoms with van der Waals surface area (Å²) in [5, 5.41) is 31.1. The molecule has 1 heterocycles. The van der Waals surface area contributed by atoms with Crippen molar-refractivity contribution in [2.45, 2.75) is 51.7 Å². The van der Waals surface area contributed by atoms with Crippen LogP contribution in [0.15, 0.2) is 63.3 Å². The lowest BCUT2D eigenvalue weighted by Gasteiger charge is -2.24. The molecule has 3 aromatic rings. The molecule has 3 rings (SSSR count). The van der Waals surface area contributed by atoms with Crippen molar-refractivity contribution in [3.63, 3.8) is 0 Å². The predicted molar refractivity (Wildman–Crippen MR) is 131 cm³/mol. The summed E-state index contributed by atoms with van der Waals surface area (Å²) in [4.78, 5) is 12.9. The normalized spacial score (nSPS) is 13.3. The van der Waals surface area contributed by atoms with Gasteiger partial charge in [0, 0.05) is 30.4 Å². The van der Waals surface area contributed by atoms with E-state index in [-0.39, 0.29) is 28.9 Å². The van der Waals surface area contributed by atoms with Gasteiger partial charge >= 0.3 is 0 Å². The maximum absolute atomic E-state index is 12.9. The van der Waals surface area contributed by atoms with Crippen LogP contribution < -0.4 is 10.2 Å². The summed E-state index contributed by atoms with van der Waals surface area (Å²) in [5.41, 5.74) is 0.832. The number of hydrogen-bond acceptors (Lipinski definition) is 7. The van der Waals surface area contributed by atoms with Crippen LogP contribution in [0.1, 0.15) is 39.2 Å². The lowest BCUT2D eigenvalue weighted by molar-refractivity contribution is -0.0509. The Balaban J connectivity index is 1.97. The number of methoxy groups -OCH3 is 1. The first-order chi connectivity index (χ1) is 16.1. The van der Waals surface area contributed by atoms with Gasteiger partial charge in [0.05, 0.1) is 11.7 Å².